The second kappa shape index (κ2) is 9.77. The lowest BCUT2D eigenvalue weighted by atomic mass is 9.98. The summed E-state index contributed by atoms with van der Waals surface area (Å²) in [5, 5.41) is 2.46. The molecular weight excluding hydrogens is 346 g/mol. The van der Waals surface area contributed by atoms with Crippen LogP contribution in [-0.4, -0.2) is 46.0 Å². The molecule has 0 aromatic heterocycles. The van der Waals surface area contributed by atoms with Crippen molar-refractivity contribution < 1.29 is 22.7 Å². The SMILES string of the molecule is CCCCN(C(=O)NC)C(=O)C(C)c1ccc(OC)c(N=S(=O)=O)c1. The monoisotopic (exact) mass is 369 g/mol. The van der Waals surface area contributed by atoms with E-state index >= 15 is 0 Å². The van der Waals surface area contributed by atoms with Gasteiger partial charge in [0.2, 0.25) is 5.91 Å². The fourth-order valence-electron chi connectivity index (χ4n) is 2.27. The Kier molecular flexibility index (Phi) is 8.06. The Bertz CT molecular complexity index is 753. The first-order chi connectivity index (χ1) is 11.8. The molecule has 0 aliphatic rings. The van der Waals surface area contributed by atoms with Gasteiger partial charge in [-0.1, -0.05) is 19.4 Å². The van der Waals surface area contributed by atoms with E-state index in [1.54, 1.807) is 19.1 Å². The molecule has 0 saturated carbocycles. The first kappa shape index (κ1) is 20.6. The predicted octanol–water partition coefficient (Wildman–Crippen LogP) is 2.46. The van der Waals surface area contributed by atoms with Gasteiger partial charge < -0.3 is 10.1 Å². The molecule has 138 valence electrons. The molecule has 1 atom stereocenters. The van der Waals surface area contributed by atoms with Crippen LogP contribution in [0.3, 0.4) is 0 Å². The minimum absolute atomic E-state index is 0.105. The van der Waals surface area contributed by atoms with Gasteiger partial charge in [-0.2, -0.15) is 8.42 Å². The molecule has 1 aromatic rings. The Labute approximate surface area is 148 Å². The third kappa shape index (κ3) is 5.56. The van der Waals surface area contributed by atoms with Crippen molar-refractivity contribution in [2.24, 2.45) is 4.36 Å². The molecule has 0 bridgehead atoms. The topological polar surface area (TPSA) is 105 Å². The highest BCUT2D eigenvalue weighted by molar-refractivity contribution is 7.61. The van der Waals surface area contributed by atoms with Gasteiger partial charge in [0.1, 0.15) is 11.4 Å². The van der Waals surface area contributed by atoms with Crippen molar-refractivity contribution in [2.45, 2.75) is 32.6 Å². The minimum atomic E-state index is -2.65. The maximum absolute atomic E-state index is 12.7. The zero-order valence-electron chi connectivity index (χ0n) is 14.8. The van der Waals surface area contributed by atoms with Gasteiger partial charge in [-0.05, 0) is 31.0 Å². The number of nitrogens with zero attached hydrogens (tertiary/aromatic N) is 2. The molecule has 0 heterocycles. The van der Waals surface area contributed by atoms with Gasteiger partial charge in [0, 0.05) is 13.6 Å². The minimum Gasteiger partial charge on any atom is -0.494 e. The molecule has 1 N–H and O–H groups in total. The molecule has 0 saturated heterocycles. The van der Waals surface area contributed by atoms with Crippen molar-refractivity contribution in [2.75, 3.05) is 20.7 Å². The number of urea groups is 1. The Morgan fingerprint density at radius 2 is 2.04 bits per heavy atom. The molecule has 0 fully saturated rings. The fraction of sp³-hybridized carbons (Fsp3) is 0.500. The van der Waals surface area contributed by atoms with Crippen molar-refractivity contribution in [1.82, 2.24) is 10.2 Å². The number of amides is 3. The number of ether oxygens (including phenoxy) is 1. The Balaban J connectivity index is 3.19. The molecular formula is C16H23N3O5S. The third-order valence-corrected chi connectivity index (χ3v) is 4.05. The molecule has 1 unspecified atom stereocenters. The lowest BCUT2D eigenvalue weighted by Crippen LogP contribution is -2.44. The van der Waals surface area contributed by atoms with Crippen molar-refractivity contribution in [3.05, 3.63) is 23.8 Å². The number of hydrogen-bond donors (Lipinski definition) is 1. The second-order valence-corrected chi connectivity index (χ2v) is 5.98. The molecule has 3 amide bonds. The number of benzene rings is 1. The highest BCUT2D eigenvalue weighted by atomic mass is 32.2. The van der Waals surface area contributed by atoms with Gasteiger partial charge in [0.15, 0.2) is 0 Å². The van der Waals surface area contributed by atoms with E-state index in [1.165, 1.54) is 25.1 Å². The summed E-state index contributed by atoms with van der Waals surface area (Å²) in [5.74, 6) is -0.733. The number of rotatable bonds is 7. The summed E-state index contributed by atoms with van der Waals surface area (Å²) >= 11 is 0. The molecule has 0 aliphatic carbocycles. The molecule has 1 rings (SSSR count). The molecule has 0 spiro atoms. The van der Waals surface area contributed by atoms with Crippen LogP contribution in [0.4, 0.5) is 10.5 Å². The number of carbonyl (C=O) groups is 2. The van der Waals surface area contributed by atoms with Crippen LogP contribution in [0.1, 0.15) is 38.2 Å². The fourth-order valence-corrected chi connectivity index (χ4v) is 2.57. The molecule has 8 nitrogen and oxygen atoms in total. The highest BCUT2D eigenvalue weighted by Gasteiger charge is 2.26. The number of imide groups is 1. The summed E-state index contributed by atoms with van der Waals surface area (Å²) in [7, 11) is 0.216. The van der Waals surface area contributed by atoms with Crippen molar-refractivity contribution >= 4 is 28.1 Å². The number of methoxy groups -OCH3 is 1. The van der Waals surface area contributed by atoms with Crippen LogP contribution in [0.2, 0.25) is 0 Å². The normalized spacial score (nSPS) is 11.4. The lowest BCUT2D eigenvalue weighted by Gasteiger charge is -2.24. The Morgan fingerprint density at radius 3 is 2.56 bits per heavy atom. The smallest absolute Gasteiger partial charge is 0.323 e. The van der Waals surface area contributed by atoms with Crippen molar-refractivity contribution in [3.63, 3.8) is 0 Å². The third-order valence-electron chi connectivity index (χ3n) is 3.71. The van der Waals surface area contributed by atoms with Crippen LogP contribution in [-0.2, 0) is 15.3 Å². The predicted molar refractivity (Wildman–Crippen MR) is 93.5 cm³/mol. The molecule has 0 radical (unpaired) electrons. The summed E-state index contributed by atoms with van der Waals surface area (Å²) in [4.78, 5) is 25.9. The van der Waals surface area contributed by atoms with Crippen molar-refractivity contribution in [3.8, 4) is 5.75 Å². The summed E-state index contributed by atoms with van der Waals surface area (Å²) in [6.45, 7) is 3.94. The quantitative estimate of drug-likeness (QED) is 0.795. The number of hydrogen-bond acceptors (Lipinski definition) is 6. The van der Waals surface area contributed by atoms with Crippen LogP contribution in [0.25, 0.3) is 0 Å². The van der Waals surface area contributed by atoms with E-state index in [4.69, 9.17) is 4.74 Å². The maximum atomic E-state index is 12.7. The standard InChI is InChI=1S/C16H23N3O5S/c1-5-6-9-19(16(21)17-3)15(20)11(2)12-7-8-14(24-4)13(10-12)18-25(22)23/h7-8,10-11H,5-6,9H2,1-4H3,(H,17,21). The van der Waals surface area contributed by atoms with E-state index in [1.807, 2.05) is 6.92 Å². The van der Waals surface area contributed by atoms with Crippen LogP contribution in [0, 0.1) is 0 Å². The van der Waals surface area contributed by atoms with E-state index in [2.05, 4.69) is 9.68 Å². The van der Waals surface area contributed by atoms with E-state index in [0.717, 1.165) is 6.42 Å². The van der Waals surface area contributed by atoms with Crippen LogP contribution in [0.15, 0.2) is 22.6 Å². The van der Waals surface area contributed by atoms with Gasteiger partial charge in [-0.3, -0.25) is 9.69 Å². The average Bonchev–Trinajstić information content (AvgIpc) is 2.60. The summed E-state index contributed by atoms with van der Waals surface area (Å²) in [6, 6.07) is 4.19. The first-order valence-electron chi connectivity index (χ1n) is 7.87. The number of nitrogens with one attached hydrogen (secondary N) is 1. The number of unbranched alkanes of at least 4 members (excludes halogenated alkanes) is 1. The van der Waals surface area contributed by atoms with Crippen LogP contribution in [0.5, 0.6) is 5.75 Å². The van der Waals surface area contributed by atoms with Crippen molar-refractivity contribution in [1.29, 1.82) is 0 Å². The molecule has 25 heavy (non-hydrogen) atoms. The van der Waals surface area contributed by atoms with E-state index in [9.17, 15) is 18.0 Å². The highest BCUT2D eigenvalue weighted by Crippen LogP contribution is 2.31. The maximum Gasteiger partial charge on any atom is 0.323 e. The van der Waals surface area contributed by atoms with Gasteiger partial charge >= 0.3 is 16.5 Å². The van der Waals surface area contributed by atoms with Crippen LogP contribution >= 0.6 is 0 Å². The van der Waals surface area contributed by atoms with Gasteiger partial charge in [-0.25, -0.2) is 4.79 Å². The molecule has 9 heteroatoms. The van der Waals surface area contributed by atoms with Gasteiger partial charge in [-0.15, -0.1) is 4.36 Å². The van der Waals surface area contributed by atoms with E-state index in [0.29, 0.717) is 18.5 Å². The lowest BCUT2D eigenvalue weighted by molar-refractivity contribution is -0.129. The zero-order valence-corrected chi connectivity index (χ0v) is 15.6. The number of carbonyl (C=O) groups excluding carboxylic acids is 2. The second-order valence-electron chi connectivity index (χ2n) is 5.36. The molecule has 0 aliphatic heterocycles. The summed E-state index contributed by atoms with van der Waals surface area (Å²) < 4.78 is 30.2. The molecule has 1 aromatic carbocycles. The average molecular weight is 369 g/mol. The zero-order chi connectivity index (χ0) is 19.0. The van der Waals surface area contributed by atoms with E-state index in [-0.39, 0.29) is 17.3 Å². The van der Waals surface area contributed by atoms with E-state index < -0.39 is 22.4 Å². The van der Waals surface area contributed by atoms with Gasteiger partial charge in [0.25, 0.3) is 0 Å². The summed E-state index contributed by atoms with van der Waals surface area (Å²) in [6.07, 6.45) is 1.54. The first-order valence-corrected chi connectivity index (χ1v) is 8.91. The largest absolute Gasteiger partial charge is 0.494 e. The summed E-state index contributed by atoms with van der Waals surface area (Å²) in [5.41, 5.74) is 0.647. The Hall–Kier alpha value is -2.42. The van der Waals surface area contributed by atoms with Crippen LogP contribution < -0.4 is 10.1 Å². The Morgan fingerprint density at radius 1 is 1.36 bits per heavy atom. The van der Waals surface area contributed by atoms with Gasteiger partial charge in [0.05, 0.1) is 13.0 Å².